The van der Waals surface area contributed by atoms with Gasteiger partial charge in [-0.1, -0.05) is 328 Å². The van der Waals surface area contributed by atoms with Gasteiger partial charge in [0, 0.05) is 12.8 Å². The van der Waals surface area contributed by atoms with Crippen LogP contribution in [0.3, 0.4) is 0 Å². The van der Waals surface area contributed by atoms with Gasteiger partial charge in [0.15, 0.2) is 0 Å². The summed E-state index contributed by atoms with van der Waals surface area (Å²) in [7, 11) is 0. The molecule has 3 N–H and O–H groups in total. The minimum Gasteiger partial charge on any atom is -0.466 e. The summed E-state index contributed by atoms with van der Waals surface area (Å²) in [5.74, 6) is -0.0842. The van der Waals surface area contributed by atoms with E-state index in [1.54, 1.807) is 6.08 Å². The van der Waals surface area contributed by atoms with Gasteiger partial charge in [0.25, 0.3) is 0 Å². The Kier molecular flexibility index (Phi) is 59.0. The minimum absolute atomic E-state index is 0.00554. The van der Waals surface area contributed by atoms with Crippen molar-refractivity contribution in [2.75, 3.05) is 13.2 Å². The second-order valence-corrected chi connectivity index (χ2v) is 22.1. The van der Waals surface area contributed by atoms with E-state index in [0.717, 1.165) is 57.8 Å². The van der Waals surface area contributed by atoms with E-state index in [-0.39, 0.29) is 18.5 Å². The highest BCUT2D eigenvalue weighted by atomic mass is 16.5. The maximum atomic E-state index is 12.5. The molecule has 0 saturated carbocycles. The van der Waals surface area contributed by atoms with Crippen molar-refractivity contribution >= 4 is 11.9 Å². The lowest BCUT2D eigenvalue weighted by Gasteiger charge is -2.20. The van der Waals surface area contributed by atoms with Gasteiger partial charge in [-0.15, -0.1) is 0 Å². The van der Waals surface area contributed by atoms with Gasteiger partial charge in [-0.3, -0.25) is 9.59 Å². The molecule has 1 amide bonds. The lowest BCUT2D eigenvalue weighted by molar-refractivity contribution is -0.143. The Labute approximate surface area is 438 Å². The first-order valence-corrected chi connectivity index (χ1v) is 32.0. The van der Waals surface area contributed by atoms with Crippen molar-refractivity contribution in [1.82, 2.24) is 5.32 Å². The van der Waals surface area contributed by atoms with Crippen LogP contribution in [0.4, 0.5) is 0 Å². The lowest BCUT2D eigenvalue weighted by atomic mass is 10.0. The minimum atomic E-state index is -0.855. The summed E-state index contributed by atoms with van der Waals surface area (Å²) in [5, 5.41) is 23.2. The van der Waals surface area contributed by atoms with E-state index in [4.69, 9.17) is 4.74 Å². The first-order valence-electron chi connectivity index (χ1n) is 32.0. The van der Waals surface area contributed by atoms with Crippen LogP contribution in [0.2, 0.25) is 0 Å². The van der Waals surface area contributed by atoms with Crippen LogP contribution >= 0.6 is 0 Å². The number of aliphatic hydroxyl groups excluding tert-OH is 2. The number of nitrogens with one attached hydrogen (secondary N) is 1. The Morgan fingerprint density at radius 2 is 0.657 bits per heavy atom. The number of unbranched alkanes of at least 4 members (excludes halogenated alkanes) is 49. The van der Waals surface area contributed by atoms with Gasteiger partial charge in [-0.25, -0.2) is 0 Å². The highest BCUT2D eigenvalue weighted by Gasteiger charge is 2.18. The monoisotopic (exact) mass is 988 g/mol. The molecule has 0 radical (unpaired) electrons. The van der Waals surface area contributed by atoms with Gasteiger partial charge in [-0.2, -0.15) is 0 Å². The zero-order valence-electron chi connectivity index (χ0n) is 47.5. The van der Waals surface area contributed by atoms with E-state index in [2.05, 4.69) is 19.2 Å². The molecule has 0 spiro atoms. The Bertz CT molecular complexity index is 1050. The largest absolute Gasteiger partial charge is 0.466 e. The number of carbonyl (C=O) groups is 2. The normalized spacial score (nSPS) is 12.6. The Morgan fingerprint density at radius 3 is 0.971 bits per heavy atom. The van der Waals surface area contributed by atoms with Crippen molar-refractivity contribution in [3.05, 3.63) is 12.2 Å². The van der Waals surface area contributed by atoms with Crippen molar-refractivity contribution in [3.63, 3.8) is 0 Å². The average molecular weight is 989 g/mol. The van der Waals surface area contributed by atoms with E-state index < -0.39 is 12.1 Å². The number of amides is 1. The maximum Gasteiger partial charge on any atom is 0.305 e. The van der Waals surface area contributed by atoms with Gasteiger partial charge in [-0.05, 0) is 32.1 Å². The van der Waals surface area contributed by atoms with Crippen molar-refractivity contribution in [1.29, 1.82) is 0 Å². The molecule has 0 aromatic carbocycles. The third kappa shape index (κ3) is 55.9. The lowest BCUT2D eigenvalue weighted by Crippen LogP contribution is -2.45. The molecule has 0 aliphatic heterocycles. The average Bonchev–Trinajstić information content (AvgIpc) is 3.36. The third-order valence-electron chi connectivity index (χ3n) is 15.1. The van der Waals surface area contributed by atoms with Crippen LogP contribution in [0.15, 0.2) is 12.2 Å². The molecule has 0 aliphatic rings. The van der Waals surface area contributed by atoms with Crippen LogP contribution in [-0.4, -0.2) is 47.4 Å². The fourth-order valence-electron chi connectivity index (χ4n) is 10.2. The molecular weight excluding hydrogens is 863 g/mol. The third-order valence-corrected chi connectivity index (χ3v) is 15.1. The van der Waals surface area contributed by atoms with Crippen LogP contribution < -0.4 is 5.32 Å². The number of hydrogen-bond donors (Lipinski definition) is 3. The fraction of sp³-hybridized carbons (Fsp3) is 0.938. The number of hydrogen-bond acceptors (Lipinski definition) is 5. The van der Waals surface area contributed by atoms with Gasteiger partial charge in [0.05, 0.1) is 25.4 Å². The molecule has 0 rings (SSSR count). The Hall–Kier alpha value is -1.40. The van der Waals surface area contributed by atoms with E-state index >= 15 is 0 Å². The molecule has 0 heterocycles. The quantitative estimate of drug-likeness (QED) is 0.0321. The number of aliphatic hydroxyl groups is 2. The molecule has 6 heteroatoms. The van der Waals surface area contributed by atoms with Gasteiger partial charge < -0.3 is 20.3 Å². The Morgan fingerprint density at radius 1 is 0.386 bits per heavy atom. The SMILES string of the molecule is CCCCCCCCCCCCCCCCCCCCCCCC/C=C/C(O)C(CO)NC(=O)CCCCCCCCCCCCCCOC(=O)CCCCCCCCCCCCCCCCCCC. The molecule has 0 aromatic heterocycles. The molecule has 0 aromatic rings. The van der Waals surface area contributed by atoms with Crippen LogP contribution in [0.5, 0.6) is 0 Å². The second kappa shape index (κ2) is 60.2. The van der Waals surface area contributed by atoms with E-state index in [9.17, 15) is 19.8 Å². The molecule has 0 saturated heterocycles. The van der Waals surface area contributed by atoms with Gasteiger partial charge in [0.2, 0.25) is 5.91 Å². The number of rotatable bonds is 60. The number of allylic oxidation sites excluding steroid dienone is 1. The van der Waals surface area contributed by atoms with Crippen molar-refractivity contribution in [2.45, 2.75) is 373 Å². The van der Waals surface area contributed by atoms with Crippen LogP contribution in [0, 0.1) is 0 Å². The summed E-state index contributed by atoms with van der Waals surface area (Å²) >= 11 is 0. The zero-order chi connectivity index (χ0) is 50.7. The summed E-state index contributed by atoms with van der Waals surface area (Å²) in [4.78, 5) is 24.6. The highest BCUT2D eigenvalue weighted by Crippen LogP contribution is 2.18. The smallest absolute Gasteiger partial charge is 0.305 e. The molecule has 0 bridgehead atoms. The number of carbonyl (C=O) groups excluding carboxylic acids is 2. The molecule has 416 valence electrons. The van der Waals surface area contributed by atoms with Crippen LogP contribution in [0.1, 0.15) is 361 Å². The summed E-state index contributed by atoms with van der Waals surface area (Å²) in [5.41, 5.74) is 0. The summed E-state index contributed by atoms with van der Waals surface area (Å²) in [6, 6.07) is -0.640. The van der Waals surface area contributed by atoms with E-state index in [1.165, 1.54) is 276 Å². The van der Waals surface area contributed by atoms with E-state index in [0.29, 0.717) is 19.4 Å². The van der Waals surface area contributed by atoms with Crippen molar-refractivity contribution in [3.8, 4) is 0 Å². The molecule has 70 heavy (non-hydrogen) atoms. The van der Waals surface area contributed by atoms with Crippen molar-refractivity contribution < 1.29 is 24.5 Å². The molecule has 0 aliphatic carbocycles. The predicted molar refractivity (Wildman–Crippen MR) is 306 cm³/mol. The number of ether oxygens (including phenoxy) is 1. The molecule has 2 atom stereocenters. The second-order valence-electron chi connectivity index (χ2n) is 22.1. The first-order chi connectivity index (χ1) is 34.5. The maximum absolute atomic E-state index is 12.5. The molecule has 6 nitrogen and oxygen atoms in total. The molecule has 2 unspecified atom stereocenters. The van der Waals surface area contributed by atoms with E-state index in [1.807, 2.05) is 6.08 Å². The highest BCUT2D eigenvalue weighted by molar-refractivity contribution is 5.76. The topological polar surface area (TPSA) is 95.9 Å². The van der Waals surface area contributed by atoms with Crippen LogP contribution in [-0.2, 0) is 14.3 Å². The summed E-state index contributed by atoms with van der Waals surface area (Å²) < 4.78 is 5.49. The number of esters is 1. The fourth-order valence-corrected chi connectivity index (χ4v) is 10.2. The van der Waals surface area contributed by atoms with Crippen LogP contribution in [0.25, 0.3) is 0 Å². The standard InChI is InChI=1S/C64H125NO5/c1-3-5-7-9-11-13-15-17-19-21-22-23-24-25-26-27-29-30-32-36-40-44-48-52-56-62(67)61(60-66)65-63(68)57-53-49-45-41-37-34-35-39-43-47-51-55-59-70-64(69)58-54-50-46-42-38-33-31-28-20-18-16-14-12-10-8-6-4-2/h52,56,61-62,66-67H,3-51,53-55,57-60H2,1-2H3,(H,65,68)/b56-52+. The van der Waals surface area contributed by atoms with Gasteiger partial charge >= 0.3 is 5.97 Å². The van der Waals surface area contributed by atoms with Crippen molar-refractivity contribution in [2.24, 2.45) is 0 Å². The Balaban J connectivity index is 3.46. The van der Waals surface area contributed by atoms with Gasteiger partial charge in [0.1, 0.15) is 0 Å². The molecular formula is C64H125NO5. The first kappa shape index (κ1) is 68.6. The summed E-state index contributed by atoms with van der Waals surface area (Å²) in [6.45, 7) is 4.91. The molecule has 0 fully saturated rings. The summed E-state index contributed by atoms with van der Waals surface area (Å²) in [6.07, 6.45) is 72.5. The zero-order valence-corrected chi connectivity index (χ0v) is 47.5. The predicted octanol–water partition coefficient (Wildman–Crippen LogP) is 20.0.